The van der Waals surface area contributed by atoms with Crippen LogP contribution in [0.2, 0.25) is 5.02 Å². The summed E-state index contributed by atoms with van der Waals surface area (Å²) in [7, 11) is 0. The molecule has 4 nitrogen and oxygen atoms in total. The van der Waals surface area contributed by atoms with Crippen LogP contribution in [0.3, 0.4) is 0 Å². The highest BCUT2D eigenvalue weighted by atomic mass is 35.5. The van der Waals surface area contributed by atoms with Crippen LogP contribution in [0.4, 0.5) is 14.5 Å². The summed E-state index contributed by atoms with van der Waals surface area (Å²) >= 11 is 7.15. The van der Waals surface area contributed by atoms with Crippen LogP contribution in [-0.4, -0.2) is 18.0 Å². The summed E-state index contributed by atoms with van der Waals surface area (Å²) in [6, 6.07) is 9.16. The van der Waals surface area contributed by atoms with Crippen molar-refractivity contribution in [1.82, 2.24) is 0 Å². The van der Waals surface area contributed by atoms with Gasteiger partial charge in [-0.3, -0.25) is 4.79 Å². The van der Waals surface area contributed by atoms with E-state index in [-0.39, 0.29) is 9.90 Å². The molecule has 134 valence electrons. The van der Waals surface area contributed by atoms with E-state index in [4.69, 9.17) is 16.3 Å². The fourth-order valence-electron chi connectivity index (χ4n) is 2.21. The minimum absolute atomic E-state index is 0.0914. The number of carbonyl (C=O) groups excluding carboxylic acids is 2. The molecule has 3 rings (SSSR count). The van der Waals surface area contributed by atoms with Crippen LogP contribution in [-0.2, 0) is 9.53 Å². The molecular formula is C18H12ClF2NO3S. The van der Waals surface area contributed by atoms with E-state index in [1.54, 1.807) is 0 Å². The molecule has 0 bridgehead atoms. The van der Waals surface area contributed by atoms with Crippen molar-refractivity contribution in [3.8, 4) is 0 Å². The van der Waals surface area contributed by atoms with Crippen molar-refractivity contribution in [1.29, 1.82) is 0 Å². The summed E-state index contributed by atoms with van der Waals surface area (Å²) < 4.78 is 31.8. The van der Waals surface area contributed by atoms with E-state index in [2.05, 4.69) is 5.32 Å². The lowest BCUT2D eigenvalue weighted by Crippen LogP contribution is -2.29. The Morgan fingerprint density at radius 3 is 2.46 bits per heavy atom. The number of esters is 1. The van der Waals surface area contributed by atoms with Gasteiger partial charge >= 0.3 is 5.97 Å². The Kier molecular flexibility index (Phi) is 5.20. The predicted octanol–water partition coefficient (Wildman–Crippen LogP) is 5.02. The van der Waals surface area contributed by atoms with Gasteiger partial charge in [0.1, 0.15) is 16.5 Å². The summed E-state index contributed by atoms with van der Waals surface area (Å²) in [6.45, 7) is 1.40. The van der Waals surface area contributed by atoms with Crippen LogP contribution in [0.1, 0.15) is 16.6 Å². The molecule has 0 aliphatic heterocycles. The molecule has 0 radical (unpaired) electrons. The summed E-state index contributed by atoms with van der Waals surface area (Å²) in [5.74, 6) is -2.23. The van der Waals surface area contributed by atoms with E-state index in [9.17, 15) is 18.4 Å². The lowest BCUT2D eigenvalue weighted by molar-refractivity contribution is -0.123. The number of rotatable bonds is 4. The van der Waals surface area contributed by atoms with Crippen molar-refractivity contribution < 1.29 is 23.1 Å². The van der Waals surface area contributed by atoms with E-state index in [0.29, 0.717) is 15.8 Å². The first-order chi connectivity index (χ1) is 12.3. The number of thiophene rings is 1. The van der Waals surface area contributed by atoms with E-state index in [1.165, 1.54) is 49.4 Å². The van der Waals surface area contributed by atoms with Crippen LogP contribution in [0, 0.1) is 11.6 Å². The molecular weight excluding hydrogens is 384 g/mol. The second kappa shape index (κ2) is 7.39. The van der Waals surface area contributed by atoms with Crippen molar-refractivity contribution in [2.75, 3.05) is 5.32 Å². The molecule has 1 atom stereocenters. The molecule has 0 fully saturated rings. The third-order valence-corrected chi connectivity index (χ3v) is 5.18. The molecule has 1 aromatic heterocycles. The highest BCUT2D eigenvalue weighted by molar-refractivity contribution is 7.21. The zero-order valence-electron chi connectivity index (χ0n) is 13.4. The van der Waals surface area contributed by atoms with Crippen molar-refractivity contribution in [2.24, 2.45) is 0 Å². The van der Waals surface area contributed by atoms with Crippen LogP contribution < -0.4 is 5.32 Å². The van der Waals surface area contributed by atoms with Gasteiger partial charge in [0.15, 0.2) is 6.10 Å². The SMILES string of the molecule is C[C@H](OC(=O)c1sc2cc(F)ccc2c1Cl)C(=O)Nc1ccc(F)cc1. The summed E-state index contributed by atoms with van der Waals surface area (Å²) in [6.07, 6.45) is -1.11. The fourth-order valence-corrected chi connectivity index (χ4v) is 3.63. The second-order valence-corrected chi connectivity index (χ2v) is 6.86. The van der Waals surface area contributed by atoms with Gasteiger partial charge in [0.2, 0.25) is 0 Å². The van der Waals surface area contributed by atoms with Crippen LogP contribution in [0.5, 0.6) is 0 Å². The number of ether oxygens (including phenoxy) is 1. The molecule has 8 heteroatoms. The van der Waals surface area contributed by atoms with E-state index >= 15 is 0 Å². The van der Waals surface area contributed by atoms with Crippen molar-refractivity contribution in [3.05, 3.63) is 64.0 Å². The van der Waals surface area contributed by atoms with Crippen molar-refractivity contribution in [3.63, 3.8) is 0 Å². The maximum absolute atomic E-state index is 13.3. The van der Waals surface area contributed by atoms with Crippen molar-refractivity contribution >= 4 is 50.6 Å². The lowest BCUT2D eigenvalue weighted by Gasteiger charge is -2.13. The predicted molar refractivity (Wildman–Crippen MR) is 96.7 cm³/mol. The van der Waals surface area contributed by atoms with Crippen LogP contribution in [0.25, 0.3) is 10.1 Å². The zero-order chi connectivity index (χ0) is 18.8. The molecule has 1 N–H and O–H groups in total. The normalized spacial score (nSPS) is 12.0. The van der Waals surface area contributed by atoms with Gasteiger partial charge in [0.25, 0.3) is 5.91 Å². The standard InChI is InChI=1S/C18H12ClF2NO3S/c1-9(17(23)22-12-5-2-10(20)3-6-12)25-18(24)16-15(19)13-7-4-11(21)8-14(13)26-16/h2-9H,1H3,(H,22,23)/t9-/m0/s1. The minimum atomic E-state index is -1.11. The Bertz CT molecular complexity index is 988. The van der Waals surface area contributed by atoms with Gasteiger partial charge in [-0.2, -0.15) is 0 Å². The number of amides is 1. The molecule has 0 aliphatic rings. The number of benzene rings is 2. The van der Waals surface area contributed by atoms with Gasteiger partial charge < -0.3 is 10.1 Å². The van der Waals surface area contributed by atoms with Gasteiger partial charge in [0.05, 0.1) is 5.02 Å². The van der Waals surface area contributed by atoms with Crippen LogP contribution >= 0.6 is 22.9 Å². The number of anilines is 1. The first kappa shape index (κ1) is 18.3. The number of carbonyl (C=O) groups is 2. The van der Waals surface area contributed by atoms with Crippen LogP contribution in [0.15, 0.2) is 42.5 Å². The number of hydrogen-bond donors (Lipinski definition) is 1. The Hall–Kier alpha value is -2.51. The fraction of sp³-hybridized carbons (Fsp3) is 0.111. The molecule has 0 aliphatic carbocycles. The Balaban J connectivity index is 1.71. The average molecular weight is 396 g/mol. The monoisotopic (exact) mass is 395 g/mol. The van der Waals surface area contributed by atoms with Crippen molar-refractivity contribution in [2.45, 2.75) is 13.0 Å². The van der Waals surface area contributed by atoms with E-state index in [1.807, 2.05) is 0 Å². The van der Waals surface area contributed by atoms with E-state index < -0.39 is 29.6 Å². The number of nitrogens with one attached hydrogen (secondary N) is 1. The molecule has 0 unspecified atom stereocenters. The maximum atomic E-state index is 13.3. The highest BCUT2D eigenvalue weighted by Crippen LogP contribution is 2.36. The molecule has 0 spiro atoms. The number of halogens is 3. The molecule has 0 saturated carbocycles. The quantitative estimate of drug-likeness (QED) is 0.631. The zero-order valence-corrected chi connectivity index (χ0v) is 15.0. The Labute approximate surface area is 156 Å². The maximum Gasteiger partial charge on any atom is 0.350 e. The third-order valence-electron chi connectivity index (χ3n) is 3.54. The Morgan fingerprint density at radius 2 is 1.77 bits per heavy atom. The number of fused-ring (bicyclic) bond motifs is 1. The second-order valence-electron chi connectivity index (χ2n) is 5.43. The van der Waals surface area contributed by atoms with Gasteiger partial charge in [-0.15, -0.1) is 11.3 Å². The van der Waals surface area contributed by atoms with Gasteiger partial charge in [-0.1, -0.05) is 11.6 Å². The lowest BCUT2D eigenvalue weighted by atomic mass is 10.2. The topological polar surface area (TPSA) is 55.4 Å². The molecule has 0 saturated heterocycles. The van der Waals surface area contributed by atoms with E-state index in [0.717, 1.165) is 11.3 Å². The molecule has 1 heterocycles. The smallest absolute Gasteiger partial charge is 0.350 e. The summed E-state index contributed by atoms with van der Waals surface area (Å²) in [5.41, 5.74) is 0.370. The number of hydrogen-bond acceptors (Lipinski definition) is 4. The van der Waals surface area contributed by atoms with Gasteiger partial charge in [-0.05, 0) is 49.4 Å². The molecule has 1 amide bonds. The Morgan fingerprint density at radius 1 is 1.12 bits per heavy atom. The first-order valence-electron chi connectivity index (χ1n) is 7.50. The summed E-state index contributed by atoms with van der Waals surface area (Å²) in [4.78, 5) is 24.5. The average Bonchev–Trinajstić information content (AvgIpc) is 2.93. The molecule has 26 heavy (non-hydrogen) atoms. The molecule has 3 aromatic rings. The largest absolute Gasteiger partial charge is 0.448 e. The summed E-state index contributed by atoms with van der Waals surface area (Å²) in [5, 5.41) is 3.20. The third kappa shape index (κ3) is 3.84. The highest BCUT2D eigenvalue weighted by Gasteiger charge is 2.24. The molecule has 2 aromatic carbocycles. The first-order valence-corrected chi connectivity index (χ1v) is 8.69. The minimum Gasteiger partial charge on any atom is -0.448 e. The van der Waals surface area contributed by atoms with Gasteiger partial charge in [-0.25, -0.2) is 13.6 Å². The van der Waals surface area contributed by atoms with Gasteiger partial charge in [0, 0.05) is 15.8 Å².